The smallest absolute Gasteiger partial charge is 0.275 e. The Morgan fingerprint density at radius 3 is 2.62 bits per heavy atom. The molecule has 1 aromatic heterocycles. The number of nitrogens with one attached hydrogen (secondary N) is 1. The Bertz CT molecular complexity index is 964. The lowest BCUT2D eigenvalue weighted by Crippen LogP contribution is -2.13. The lowest BCUT2D eigenvalue weighted by molar-refractivity contribution is -0.384. The number of anilines is 1. The van der Waals surface area contributed by atoms with Crippen LogP contribution in [0.2, 0.25) is 0 Å². The van der Waals surface area contributed by atoms with Crippen LogP contribution in [0.5, 0.6) is 11.5 Å². The molecular weight excluding hydrogens is 341 g/mol. The normalized spacial score (nSPS) is 10.2. The van der Waals surface area contributed by atoms with Gasteiger partial charge in [0.25, 0.3) is 11.6 Å². The second kappa shape index (κ2) is 7.39. The van der Waals surface area contributed by atoms with Crippen LogP contribution in [0.1, 0.15) is 10.4 Å². The predicted octanol–water partition coefficient (Wildman–Crippen LogP) is 4.17. The highest BCUT2D eigenvalue weighted by atomic mass is 19.1. The first-order valence-electron chi connectivity index (χ1n) is 7.46. The molecule has 0 bridgehead atoms. The average Bonchev–Trinajstić information content (AvgIpc) is 2.62. The lowest BCUT2D eigenvalue weighted by atomic mass is 10.2. The van der Waals surface area contributed by atoms with Gasteiger partial charge in [-0.15, -0.1) is 0 Å². The van der Waals surface area contributed by atoms with Crippen molar-refractivity contribution in [1.29, 1.82) is 0 Å². The van der Waals surface area contributed by atoms with E-state index in [1.165, 1.54) is 36.5 Å². The summed E-state index contributed by atoms with van der Waals surface area (Å²) in [6.07, 6.45) is 3.00. The van der Waals surface area contributed by atoms with E-state index in [0.717, 1.165) is 12.1 Å². The fourth-order valence-corrected chi connectivity index (χ4v) is 2.21. The van der Waals surface area contributed by atoms with Crippen molar-refractivity contribution in [1.82, 2.24) is 4.98 Å². The number of carbonyl (C=O) groups is 1. The Balaban J connectivity index is 1.90. The topological polar surface area (TPSA) is 94.4 Å². The number of rotatable bonds is 5. The van der Waals surface area contributed by atoms with E-state index in [2.05, 4.69) is 10.3 Å². The zero-order valence-corrected chi connectivity index (χ0v) is 13.3. The number of pyridine rings is 1. The van der Waals surface area contributed by atoms with Gasteiger partial charge in [-0.25, -0.2) is 4.39 Å². The van der Waals surface area contributed by atoms with Crippen molar-refractivity contribution in [3.05, 3.63) is 88.5 Å². The maximum atomic E-state index is 13.7. The summed E-state index contributed by atoms with van der Waals surface area (Å²) in [5.74, 6) is -0.909. The number of ether oxygens (including phenoxy) is 1. The van der Waals surface area contributed by atoms with Crippen LogP contribution >= 0.6 is 0 Å². The van der Waals surface area contributed by atoms with Gasteiger partial charge < -0.3 is 10.1 Å². The molecule has 0 aliphatic heterocycles. The van der Waals surface area contributed by atoms with Crippen LogP contribution in [0.3, 0.4) is 0 Å². The minimum Gasteiger partial charge on any atom is -0.455 e. The van der Waals surface area contributed by atoms with Gasteiger partial charge in [0, 0.05) is 18.3 Å². The number of nitrogens with zero attached hydrogens (tertiary/aromatic N) is 2. The third-order valence-electron chi connectivity index (χ3n) is 3.35. The van der Waals surface area contributed by atoms with Crippen LogP contribution < -0.4 is 10.1 Å². The Kier molecular flexibility index (Phi) is 4.84. The second-order valence-electron chi connectivity index (χ2n) is 5.20. The van der Waals surface area contributed by atoms with Gasteiger partial charge in [0.2, 0.25) is 0 Å². The molecule has 8 heteroatoms. The summed E-state index contributed by atoms with van der Waals surface area (Å²) in [6.45, 7) is 0. The summed E-state index contributed by atoms with van der Waals surface area (Å²) in [6, 6.07) is 12.5. The molecule has 1 N–H and O–H groups in total. The first kappa shape index (κ1) is 17.0. The Labute approximate surface area is 147 Å². The maximum absolute atomic E-state index is 13.7. The molecule has 0 radical (unpaired) electrons. The molecule has 0 unspecified atom stereocenters. The number of hydrogen-bond donors (Lipinski definition) is 1. The zero-order valence-electron chi connectivity index (χ0n) is 13.3. The van der Waals surface area contributed by atoms with Gasteiger partial charge >= 0.3 is 0 Å². The Hall–Kier alpha value is -3.81. The fraction of sp³-hybridized carbons (Fsp3) is 0. The van der Waals surface area contributed by atoms with Crippen molar-refractivity contribution < 1.29 is 18.8 Å². The highest BCUT2D eigenvalue weighted by Crippen LogP contribution is 2.29. The molecule has 3 rings (SSSR count). The SMILES string of the molecule is O=C(Nc1cc(Oc2cccnc2)cc([N+](=O)[O-])c1)c1ccccc1F. The predicted molar refractivity (Wildman–Crippen MR) is 91.8 cm³/mol. The molecule has 7 nitrogen and oxygen atoms in total. The molecular formula is C18H12FN3O4. The van der Waals surface area contributed by atoms with Crippen LogP contribution in [0.25, 0.3) is 0 Å². The van der Waals surface area contributed by atoms with Gasteiger partial charge in [-0.3, -0.25) is 19.9 Å². The first-order valence-corrected chi connectivity index (χ1v) is 7.46. The van der Waals surface area contributed by atoms with Crippen LogP contribution in [0.4, 0.5) is 15.8 Å². The van der Waals surface area contributed by atoms with Gasteiger partial charge in [0.05, 0.1) is 28.4 Å². The zero-order chi connectivity index (χ0) is 18.5. The summed E-state index contributed by atoms with van der Waals surface area (Å²) in [5.41, 5.74) is -0.352. The number of aromatic nitrogens is 1. The molecule has 3 aromatic rings. The van der Waals surface area contributed by atoms with Crippen LogP contribution in [-0.2, 0) is 0 Å². The molecule has 0 saturated heterocycles. The van der Waals surface area contributed by atoms with E-state index in [9.17, 15) is 19.3 Å². The molecule has 0 fully saturated rings. The van der Waals surface area contributed by atoms with Crippen molar-refractivity contribution in [3.8, 4) is 11.5 Å². The Morgan fingerprint density at radius 1 is 1.12 bits per heavy atom. The molecule has 0 aliphatic carbocycles. The summed E-state index contributed by atoms with van der Waals surface area (Å²) < 4.78 is 19.2. The number of halogens is 1. The van der Waals surface area contributed by atoms with Crippen molar-refractivity contribution in [2.45, 2.75) is 0 Å². The minimum atomic E-state index is -0.726. The van der Waals surface area contributed by atoms with Gasteiger partial charge in [0.15, 0.2) is 0 Å². The number of nitro groups is 1. The molecule has 0 saturated carbocycles. The summed E-state index contributed by atoms with van der Waals surface area (Å²) in [7, 11) is 0. The minimum absolute atomic E-state index is 0.103. The molecule has 0 aliphatic rings. The largest absolute Gasteiger partial charge is 0.455 e. The summed E-state index contributed by atoms with van der Waals surface area (Å²) in [5, 5.41) is 13.6. The number of hydrogen-bond acceptors (Lipinski definition) is 5. The van der Waals surface area contributed by atoms with E-state index in [4.69, 9.17) is 4.74 Å². The van der Waals surface area contributed by atoms with Gasteiger partial charge in [-0.1, -0.05) is 12.1 Å². The van der Waals surface area contributed by atoms with E-state index in [-0.39, 0.29) is 22.7 Å². The van der Waals surface area contributed by atoms with Gasteiger partial charge in [0.1, 0.15) is 17.3 Å². The van der Waals surface area contributed by atoms with Crippen molar-refractivity contribution >= 4 is 17.3 Å². The lowest BCUT2D eigenvalue weighted by Gasteiger charge is -2.09. The third-order valence-corrected chi connectivity index (χ3v) is 3.35. The van der Waals surface area contributed by atoms with Gasteiger partial charge in [-0.2, -0.15) is 0 Å². The van der Waals surface area contributed by atoms with E-state index < -0.39 is 16.6 Å². The maximum Gasteiger partial charge on any atom is 0.275 e. The number of amides is 1. The molecule has 130 valence electrons. The standard InChI is InChI=1S/C18H12FN3O4/c19-17-6-2-1-5-16(17)18(23)21-12-8-13(22(24)25)10-15(9-12)26-14-4-3-7-20-11-14/h1-11H,(H,21,23). The van der Waals surface area contributed by atoms with Crippen LogP contribution in [0.15, 0.2) is 67.0 Å². The molecule has 1 heterocycles. The summed E-state index contributed by atoms with van der Waals surface area (Å²) in [4.78, 5) is 26.6. The molecule has 26 heavy (non-hydrogen) atoms. The van der Waals surface area contributed by atoms with E-state index in [1.54, 1.807) is 18.3 Å². The van der Waals surface area contributed by atoms with Crippen LogP contribution in [-0.4, -0.2) is 15.8 Å². The fourth-order valence-electron chi connectivity index (χ4n) is 2.21. The van der Waals surface area contributed by atoms with Crippen LogP contribution in [0, 0.1) is 15.9 Å². The van der Waals surface area contributed by atoms with E-state index in [0.29, 0.717) is 5.75 Å². The third kappa shape index (κ3) is 3.99. The number of non-ortho nitro benzene ring substituents is 1. The molecule has 0 spiro atoms. The number of benzene rings is 2. The highest BCUT2D eigenvalue weighted by Gasteiger charge is 2.15. The monoisotopic (exact) mass is 353 g/mol. The quantitative estimate of drug-likeness (QED) is 0.549. The van der Waals surface area contributed by atoms with Gasteiger partial charge in [-0.05, 0) is 24.3 Å². The average molecular weight is 353 g/mol. The molecule has 2 aromatic carbocycles. The molecule has 0 atom stereocenters. The van der Waals surface area contributed by atoms with Crippen molar-refractivity contribution in [2.75, 3.05) is 5.32 Å². The first-order chi connectivity index (χ1) is 12.5. The highest BCUT2D eigenvalue weighted by molar-refractivity contribution is 6.04. The van der Waals surface area contributed by atoms with E-state index in [1.807, 2.05) is 0 Å². The summed E-state index contributed by atoms with van der Waals surface area (Å²) >= 11 is 0. The second-order valence-corrected chi connectivity index (χ2v) is 5.20. The van der Waals surface area contributed by atoms with Crippen molar-refractivity contribution in [2.24, 2.45) is 0 Å². The number of nitro benzene ring substituents is 1. The van der Waals surface area contributed by atoms with E-state index >= 15 is 0 Å². The Morgan fingerprint density at radius 2 is 1.92 bits per heavy atom. The molecule has 1 amide bonds. The van der Waals surface area contributed by atoms with Crippen molar-refractivity contribution in [3.63, 3.8) is 0 Å². The number of carbonyl (C=O) groups excluding carboxylic acids is 1.